The summed E-state index contributed by atoms with van der Waals surface area (Å²) < 4.78 is 5.57. The normalized spacial score (nSPS) is 11.5. The first-order chi connectivity index (χ1) is 9.84. The van der Waals surface area contributed by atoms with Crippen LogP contribution in [-0.2, 0) is 0 Å². The van der Waals surface area contributed by atoms with Crippen LogP contribution in [0.2, 0.25) is 0 Å². The molecule has 3 nitrogen and oxygen atoms in total. The van der Waals surface area contributed by atoms with E-state index in [2.05, 4.69) is 35.1 Å². The van der Waals surface area contributed by atoms with Crippen LogP contribution in [0.3, 0.4) is 0 Å². The largest absolute Gasteiger partial charge is 0.491 e. The van der Waals surface area contributed by atoms with Gasteiger partial charge in [0.15, 0.2) is 0 Å². The molecule has 1 rings (SSSR count). The van der Waals surface area contributed by atoms with Crippen LogP contribution in [0.15, 0.2) is 24.3 Å². The third kappa shape index (κ3) is 6.98. The second-order valence-electron chi connectivity index (χ2n) is 6.33. The molecule has 0 fully saturated rings. The summed E-state index contributed by atoms with van der Waals surface area (Å²) >= 11 is 3.44. The molecule has 118 valence electrons. The molecule has 0 spiro atoms. The Morgan fingerprint density at radius 1 is 1.29 bits per heavy atom. The van der Waals surface area contributed by atoms with Crippen molar-refractivity contribution in [1.82, 2.24) is 5.32 Å². The molecule has 0 aliphatic heterocycles. The molecule has 1 amide bonds. The summed E-state index contributed by atoms with van der Waals surface area (Å²) in [5.41, 5.74) is 0.784. The molecule has 0 saturated heterocycles. The Morgan fingerprint density at radius 3 is 2.43 bits per heavy atom. The maximum absolute atomic E-state index is 12.1. The Bertz CT molecular complexity index is 441. The van der Waals surface area contributed by atoms with E-state index in [1.807, 2.05) is 26.0 Å². The van der Waals surface area contributed by atoms with E-state index in [1.54, 1.807) is 12.1 Å². The van der Waals surface area contributed by atoms with Crippen molar-refractivity contribution in [1.29, 1.82) is 0 Å². The van der Waals surface area contributed by atoms with Crippen LogP contribution in [0.4, 0.5) is 0 Å². The fourth-order valence-corrected chi connectivity index (χ4v) is 2.29. The van der Waals surface area contributed by atoms with Gasteiger partial charge in [-0.1, -0.05) is 29.8 Å². The number of hydrogen-bond acceptors (Lipinski definition) is 2. The van der Waals surface area contributed by atoms with Crippen molar-refractivity contribution in [3.8, 4) is 5.75 Å². The average Bonchev–Trinajstić information content (AvgIpc) is 2.43. The molecule has 21 heavy (non-hydrogen) atoms. The number of nitrogens with one attached hydrogen (secondary N) is 1. The number of benzene rings is 1. The number of carbonyl (C=O) groups is 1. The summed E-state index contributed by atoms with van der Waals surface area (Å²) in [6.07, 6.45) is 2.34. The highest BCUT2D eigenvalue weighted by Gasteiger charge is 2.18. The van der Waals surface area contributed by atoms with Gasteiger partial charge in [0.05, 0.1) is 6.10 Å². The molecular formula is C17H26BrNO2. The molecule has 1 aromatic carbocycles. The SMILES string of the molecule is CC(C)Oc1ccc(C(=O)NCC(C)(C)CCCBr)cc1. The number of ether oxygens (including phenoxy) is 1. The van der Waals surface area contributed by atoms with Crippen LogP contribution in [0.5, 0.6) is 5.75 Å². The van der Waals surface area contributed by atoms with Crippen LogP contribution in [-0.4, -0.2) is 23.9 Å². The van der Waals surface area contributed by atoms with Gasteiger partial charge in [0.1, 0.15) is 5.75 Å². The standard InChI is InChI=1S/C17H26BrNO2/c1-13(2)21-15-8-6-14(7-9-15)16(20)19-12-17(3,4)10-5-11-18/h6-9,13H,5,10-12H2,1-4H3,(H,19,20). The molecule has 0 radical (unpaired) electrons. The Labute approximate surface area is 136 Å². The molecule has 1 N–H and O–H groups in total. The summed E-state index contributed by atoms with van der Waals surface area (Å²) in [5, 5.41) is 4.01. The smallest absolute Gasteiger partial charge is 0.251 e. The predicted molar refractivity (Wildman–Crippen MR) is 91.3 cm³/mol. The lowest BCUT2D eigenvalue weighted by Crippen LogP contribution is -2.34. The molecule has 0 aliphatic rings. The maximum Gasteiger partial charge on any atom is 0.251 e. The van der Waals surface area contributed by atoms with Gasteiger partial charge in [-0.15, -0.1) is 0 Å². The van der Waals surface area contributed by atoms with E-state index in [4.69, 9.17) is 4.74 Å². The first-order valence-electron chi connectivity index (χ1n) is 7.45. The molecule has 0 aliphatic carbocycles. The van der Waals surface area contributed by atoms with Gasteiger partial charge in [0, 0.05) is 17.4 Å². The lowest BCUT2D eigenvalue weighted by atomic mass is 9.88. The van der Waals surface area contributed by atoms with Crippen LogP contribution in [0.25, 0.3) is 0 Å². The lowest BCUT2D eigenvalue weighted by molar-refractivity contribution is 0.0934. The fourth-order valence-electron chi connectivity index (χ4n) is 2.01. The first kappa shape index (κ1) is 18.0. The van der Waals surface area contributed by atoms with Gasteiger partial charge in [-0.05, 0) is 56.4 Å². The molecule has 1 aromatic rings. The summed E-state index contributed by atoms with van der Waals surface area (Å²) in [7, 11) is 0. The molecule has 0 aromatic heterocycles. The predicted octanol–water partition coefficient (Wildman–Crippen LogP) is 4.40. The first-order valence-corrected chi connectivity index (χ1v) is 8.57. The number of halogens is 1. The number of amides is 1. The van der Waals surface area contributed by atoms with Gasteiger partial charge in [-0.3, -0.25) is 4.79 Å². The topological polar surface area (TPSA) is 38.3 Å². The molecule has 0 bridgehead atoms. The second kappa shape index (κ2) is 8.42. The summed E-state index contributed by atoms with van der Waals surface area (Å²) in [6.45, 7) is 9.00. The van der Waals surface area contributed by atoms with Crippen molar-refractivity contribution >= 4 is 21.8 Å². The Hall–Kier alpha value is -1.03. The number of rotatable bonds is 8. The van der Waals surface area contributed by atoms with Crippen molar-refractivity contribution in [3.05, 3.63) is 29.8 Å². The van der Waals surface area contributed by atoms with E-state index in [9.17, 15) is 4.79 Å². The van der Waals surface area contributed by atoms with E-state index in [-0.39, 0.29) is 17.4 Å². The van der Waals surface area contributed by atoms with Gasteiger partial charge >= 0.3 is 0 Å². The fraction of sp³-hybridized carbons (Fsp3) is 0.588. The Balaban J connectivity index is 2.52. The molecule has 0 heterocycles. The minimum absolute atomic E-state index is 0.0296. The minimum Gasteiger partial charge on any atom is -0.491 e. The van der Waals surface area contributed by atoms with Crippen LogP contribution < -0.4 is 10.1 Å². The third-order valence-corrected chi connectivity index (χ3v) is 3.76. The second-order valence-corrected chi connectivity index (χ2v) is 7.12. The zero-order valence-corrected chi connectivity index (χ0v) is 15.0. The molecule has 0 saturated carbocycles. The summed E-state index contributed by atoms with van der Waals surface area (Å²) in [5.74, 6) is 0.761. The highest BCUT2D eigenvalue weighted by atomic mass is 79.9. The van der Waals surface area contributed by atoms with E-state index in [0.717, 1.165) is 23.9 Å². The van der Waals surface area contributed by atoms with Crippen molar-refractivity contribution in [2.75, 3.05) is 11.9 Å². The van der Waals surface area contributed by atoms with Crippen molar-refractivity contribution < 1.29 is 9.53 Å². The average molecular weight is 356 g/mol. The van der Waals surface area contributed by atoms with Crippen LogP contribution >= 0.6 is 15.9 Å². The highest BCUT2D eigenvalue weighted by Crippen LogP contribution is 2.22. The molecule has 4 heteroatoms. The zero-order valence-electron chi connectivity index (χ0n) is 13.4. The van der Waals surface area contributed by atoms with Gasteiger partial charge in [-0.2, -0.15) is 0 Å². The highest BCUT2D eigenvalue weighted by molar-refractivity contribution is 9.09. The van der Waals surface area contributed by atoms with Crippen molar-refractivity contribution in [2.45, 2.75) is 46.6 Å². The van der Waals surface area contributed by atoms with Crippen molar-refractivity contribution in [3.63, 3.8) is 0 Å². The number of alkyl halides is 1. The zero-order chi connectivity index (χ0) is 15.9. The van der Waals surface area contributed by atoms with Crippen LogP contribution in [0.1, 0.15) is 50.9 Å². The summed E-state index contributed by atoms with van der Waals surface area (Å²) in [6, 6.07) is 7.28. The summed E-state index contributed by atoms with van der Waals surface area (Å²) in [4.78, 5) is 12.1. The van der Waals surface area contributed by atoms with Gasteiger partial charge in [0.25, 0.3) is 5.91 Å². The Morgan fingerprint density at radius 2 is 1.90 bits per heavy atom. The van der Waals surface area contributed by atoms with Gasteiger partial charge < -0.3 is 10.1 Å². The van der Waals surface area contributed by atoms with E-state index in [1.165, 1.54) is 0 Å². The van der Waals surface area contributed by atoms with Gasteiger partial charge in [-0.25, -0.2) is 0 Å². The molecular weight excluding hydrogens is 330 g/mol. The quantitative estimate of drug-likeness (QED) is 0.701. The minimum atomic E-state index is -0.0296. The van der Waals surface area contributed by atoms with E-state index < -0.39 is 0 Å². The monoisotopic (exact) mass is 355 g/mol. The van der Waals surface area contributed by atoms with E-state index >= 15 is 0 Å². The van der Waals surface area contributed by atoms with Crippen LogP contribution in [0, 0.1) is 5.41 Å². The maximum atomic E-state index is 12.1. The van der Waals surface area contributed by atoms with Gasteiger partial charge in [0.2, 0.25) is 0 Å². The van der Waals surface area contributed by atoms with E-state index in [0.29, 0.717) is 12.1 Å². The third-order valence-electron chi connectivity index (χ3n) is 3.20. The Kier molecular flexibility index (Phi) is 7.23. The molecule has 0 unspecified atom stereocenters. The molecule has 0 atom stereocenters. The number of carbonyl (C=O) groups excluding carboxylic acids is 1. The number of hydrogen-bond donors (Lipinski definition) is 1. The lowest BCUT2D eigenvalue weighted by Gasteiger charge is -2.24. The van der Waals surface area contributed by atoms with Crippen molar-refractivity contribution in [2.24, 2.45) is 5.41 Å².